The molecular formula is C14H21NO3. The van der Waals surface area contributed by atoms with E-state index < -0.39 is 0 Å². The molecule has 0 bridgehead atoms. The first-order valence-electron chi connectivity index (χ1n) is 6.58. The Morgan fingerprint density at radius 2 is 2.22 bits per heavy atom. The Kier molecular flexibility index (Phi) is 4.96. The average Bonchev–Trinajstić information content (AvgIpc) is 2.45. The van der Waals surface area contributed by atoms with E-state index in [4.69, 9.17) is 9.47 Å². The third-order valence-electron chi connectivity index (χ3n) is 3.46. The maximum absolute atomic E-state index is 11.4. The van der Waals surface area contributed by atoms with Crippen molar-refractivity contribution in [2.45, 2.75) is 25.4 Å². The molecule has 4 nitrogen and oxygen atoms in total. The van der Waals surface area contributed by atoms with Crippen molar-refractivity contribution in [3.05, 3.63) is 23.8 Å². The van der Waals surface area contributed by atoms with Crippen molar-refractivity contribution in [2.75, 3.05) is 26.8 Å². The summed E-state index contributed by atoms with van der Waals surface area (Å²) in [5.41, 5.74) is 0.596. The zero-order valence-electron chi connectivity index (χ0n) is 10.9. The second-order valence-electron chi connectivity index (χ2n) is 4.82. The van der Waals surface area contributed by atoms with Crippen molar-refractivity contribution < 1.29 is 14.3 Å². The maximum Gasteiger partial charge on any atom is 0.337 e. The highest BCUT2D eigenvalue weighted by Gasteiger charge is 2.18. The normalized spacial score (nSPS) is 24.7. The number of hydrogen-bond donors (Lipinski definition) is 1. The second-order valence-corrected chi connectivity index (χ2v) is 4.82. The largest absolute Gasteiger partial charge is 0.465 e. The van der Waals surface area contributed by atoms with Crippen LogP contribution in [0.1, 0.15) is 19.3 Å². The van der Waals surface area contributed by atoms with Gasteiger partial charge in [-0.05, 0) is 44.3 Å². The van der Waals surface area contributed by atoms with Crippen LogP contribution in [-0.2, 0) is 14.3 Å². The Balaban J connectivity index is 1.80. The molecule has 0 aromatic carbocycles. The van der Waals surface area contributed by atoms with Gasteiger partial charge in [0.2, 0.25) is 0 Å². The van der Waals surface area contributed by atoms with E-state index >= 15 is 0 Å². The molecule has 0 aromatic heterocycles. The number of hydrogen-bond acceptors (Lipinski definition) is 4. The van der Waals surface area contributed by atoms with Crippen molar-refractivity contribution in [3.8, 4) is 0 Å². The Morgan fingerprint density at radius 3 is 2.94 bits per heavy atom. The van der Waals surface area contributed by atoms with Crippen LogP contribution in [0.5, 0.6) is 0 Å². The minimum Gasteiger partial charge on any atom is -0.465 e. The Morgan fingerprint density at radius 1 is 1.44 bits per heavy atom. The molecule has 1 heterocycles. The quantitative estimate of drug-likeness (QED) is 0.768. The lowest BCUT2D eigenvalue weighted by Gasteiger charge is -2.25. The van der Waals surface area contributed by atoms with Crippen LogP contribution in [0, 0.1) is 5.92 Å². The van der Waals surface area contributed by atoms with E-state index in [1.54, 1.807) is 6.08 Å². The number of piperidine rings is 1. The lowest BCUT2D eigenvalue weighted by atomic mass is 9.99. The molecule has 0 radical (unpaired) electrons. The van der Waals surface area contributed by atoms with Crippen LogP contribution in [-0.4, -0.2) is 38.9 Å². The maximum atomic E-state index is 11.4. The number of rotatable bonds is 4. The van der Waals surface area contributed by atoms with Gasteiger partial charge in [0.15, 0.2) is 0 Å². The molecule has 1 atom stereocenters. The fourth-order valence-electron chi connectivity index (χ4n) is 2.33. The second kappa shape index (κ2) is 6.71. The molecule has 100 valence electrons. The summed E-state index contributed by atoms with van der Waals surface area (Å²) in [5.74, 6) is 0.355. The van der Waals surface area contributed by atoms with Crippen molar-refractivity contribution in [3.63, 3.8) is 0 Å². The first-order chi connectivity index (χ1) is 8.79. The fraction of sp³-hybridized carbons (Fsp3) is 0.643. The van der Waals surface area contributed by atoms with Crippen LogP contribution < -0.4 is 5.32 Å². The third-order valence-corrected chi connectivity index (χ3v) is 3.46. The molecule has 4 heteroatoms. The van der Waals surface area contributed by atoms with Crippen LogP contribution in [0.25, 0.3) is 0 Å². The van der Waals surface area contributed by atoms with Crippen LogP contribution in [0.15, 0.2) is 23.8 Å². The van der Waals surface area contributed by atoms with Gasteiger partial charge in [-0.2, -0.15) is 0 Å². The number of carbonyl (C=O) groups is 1. The predicted octanol–water partition coefficient (Wildman–Crippen LogP) is 1.43. The topological polar surface area (TPSA) is 47.6 Å². The first kappa shape index (κ1) is 13.3. The van der Waals surface area contributed by atoms with Gasteiger partial charge < -0.3 is 14.8 Å². The minimum absolute atomic E-state index is 0.0129. The van der Waals surface area contributed by atoms with E-state index in [1.165, 1.54) is 20.0 Å². The fourth-order valence-corrected chi connectivity index (χ4v) is 2.33. The highest BCUT2D eigenvalue weighted by molar-refractivity contribution is 5.91. The van der Waals surface area contributed by atoms with E-state index in [9.17, 15) is 4.79 Å². The van der Waals surface area contributed by atoms with Gasteiger partial charge >= 0.3 is 5.97 Å². The third kappa shape index (κ3) is 3.68. The summed E-state index contributed by atoms with van der Waals surface area (Å²) in [4.78, 5) is 11.4. The average molecular weight is 251 g/mol. The Bertz CT molecular complexity index is 343. The standard InChI is InChI=1S/C14H21NO3/c1-17-14(16)12-3-2-4-13(9-12)18-10-11-5-7-15-8-6-11/h2-3,9,11,13,15H,4-8,10H2,1H3. The molecule has 1 fully saturated rings. The van der Waals surface area contributed by atoms with Gasteiger partial charge in [0.1, 0.15) is 0 Å². The lowest BCUT2D eigenvalue weighted by Crippen LogP contribution is -2.31. The van der Waals surface area contributed by atoms with Crippen molar-refractivity contribution in [1.82, 2.24) is 5.32 Å². The summed E-state index contributed by atoms with van der Waals surface area (Å²) in [6.07, 6.45) is 8.85. The molecule has 1 unspecified atom stereocenters. The number of methoxy groups -OCH3 is 1. The molecule has 0 saturated carbocycles. The summed E-state index contributed by atoms with van der Waals surface area (Å²) >= 11 is 0. The van der Waals surface area contributed by atoms with E-state index in [2.05, 4.69) is 5.32 Å². The molecule has 1 aliphatic carbocycles. The molecule has 18 heavy (non-hydrogen) atoms. The molecule has 2 aliphatic rings. The van der Waals surface area contributed by atoms with Crippen molar-refractivity contribution in [2.24, 2.45) is 5.92 Å². The van der Waals surface area contributed by atoms with Gasteiger partial charge in [0.05, 0.1) is 25.4 Å². The van der Waals surface area contributed by atoms with Crippen LogP contribution >= 0.6 is 0 Å². The molecule has 2 rings (SSSR count). The molecule has 0 amide bonds. The lowest BCUT2D eigenvalue weighted by molar-refractivity contribution is -0.135. The van der Waals surface area contributed by atoms with Crippen LogP contribution in [0.2, 0.25) is 0 Å². The van der Waals surface area contributed by atoms with Gasteiger partial charge in [-0.1, -0.05) is 12.2 Å². The molecule has 1 N–H and O–H groups in total. The van der Waals surface area contributed by atoms with Crippen molar-refractivity contribution >= 4 is 5.97 Å². The highest BCUT2D eigenvalue weighted by Crippen LogP contribution is 2.18. The van der Waals surface area contributed by atoms with Crippen LogP contribution in [0.4, 0.5) is 0 Å². The van der Waals surface area contributed by atoms with Gasteiger partial charge in [-0.25, -0.2) is 4.79 Å². The number of carbonyl (C=O) groups excluding carboxylic acids is 1. The van der Waals surface area contributed by atoms with Gasteiger partial charge in [0, 0.05) is 0 Å². The summed E-state index contributed by atoms with van der Waals surface area (Å²) < 4.78 is 10.6. The van der Waals surface area contributed by atoms with E-state index in [0.29, 0.717) is 11.5 Å². The highest BCUT2D eigenvalue weighted by atomic mass is 16.5. The molecule has 1 aliphatic heterocycles. The van der Waals surface area contributed by atoms with Gasteiger partial charge in [-0.15, -0.1) is 0 Å². The smallest absolute Gasteiger partial charge is 0.337 e. The minimum atomic E-state index is -0.290. The summed E-state index contributed by atoms with van der Waals surface area (Å²) in [6.45, 7) is 2.95. The molecule has 0 spiro atoms. The summed E-state index contributed by atoms with van der Waals surface area (Å²) in [5, 5.41) is 3.34. The summed E-state index contributed by atoms with van der Waals surface area (Å²) in [7, 11) is 1.40. The molecule has 0 aromatic rings. The number of esters is 1. The summed E-state index contributed by atoms with van der Waals surface area (Å²) in [6, 6.07) is 0. The van der Waals surface area contributed by atoms with Gasteiger partial charge in [-0.3, -0.25) is 0 Å². The number of ether oxygens (including phenoxy) is 2. The monoisotopic (exact) mass is 251 g/mol. The Labute approximate surface area is 108 Å². The molecular weight excluding hydrogens is 230 g/mol. The van der Waals surface area contributed by atoms with Gasteiger partial charge in [0.25, 0.3) is 0 Å². The van der Waals surface area contributed by atoms with E-state index in [0.717, 1.165) is 26.1 Å². The van der Waals surface area contributed by atoms with Crippen molar-refractivity contribution in [1.29, 1.82) is 0 Å². The SMILES string of the molecule is COC(=O)C1=CC(OCC2CCNCC2)CC=C1. The van der Waals surface area contributed by atoms with Crippen LogP contribution in [0.3, 0.4) is 0 Å². The number of nitrogens with one attached hydrogen (secondary N) is 1. The molecule has 1 saturated heterocycles. The first-order valence-corrected chi connectivity index (χ1v) is 6.58. The Hall–Kier alpha value is -1.13. The predicted molar refractivity (Wildman–Crippen MR) is 69.2 cm³/mol. The van der Waals surface area contributed by atoms with E-state index in [-0.39, 0.29) is 12.1 Å². The zero-order chi connectivity index (χ0) is 12.8. The van der Waals surface area contributed by atoms with E-state index in [1.807, 2.05) is 12.2 Å². The zero-order valence-corrected chi connectivity index (χ0v) is 10.9.